The third kappa shape index (κ3) is 5.12. The second-order valence-electron chi connectivity index (χ2n) is 8.74. The predicted octanol–water partition coefficient (Wildman–Crippen LogP) is 5.11. The van der Waals surface area contributed by atoms with Gasteiger partial charge in [-0.15, -0.1) is 0 Å². The molecule has 4 atom stereocenters. The maximum absolute atomic E-state index is 14.3. The summed E-state index contributed by atoms with van der Waals surface area (Å²) in [4.78, 5) is 4.35. The molecule has 0 aromatic carbocycles. The van der Waals surface area contributed by atoms with Crippen molar-refractivity contribution in [3.05, 3.63) is 22.6 Å². The van der Waals surface area contributed by atoms with Crippen LogP contribution >= 0.6 is 15.9 Å². The summed E-state index contributed by atoms with van der Waals surface area (Å²) in [6, 6.07) is 3.36. The van der Waals surface area contributed by atoms with Crippen LogP contribution in [0.1, 0.15) is 57.6 Å². The smallest absolute Gasteiger partial charge is 0.198 e. The van der Waals surface area contributed by atoms with Crippen molar-refractivity contribution in [3.8, 4) is 5.88 Å². The Labute approximate surface area is 195 Å². The van der Waals surface area contributed by atoms with Crippen LogP contribution in [0.2, 0.25) is 0 Å². The van der Waals surface area contributed by atoms with E-state index in [0.29, 0.717) is 36.7 Å². The van der Waals surface area contributed by atoms with Gasteiger partial charge < -0.3 is 23.7 Å². The Kier molecular flexibility index (Phi) is 7.28. The molecule has 3 unspecified atom stereocenters. The van der Waals surface area contributed by atoms with Crippen LogP contribution in [0, 0.1) is 5.82 Å². The van der Waals surface area contributed by atoms with E-state index in [1.54, 1.807) is 0 Å². The maximum atomic E-state index is 14.3. The summed E-state index contributed by atoms with van der Waals surface area (Å²) >= 11 is 3.19. The molecule has 7 nitrogen and oxygen atoms in total. The van der Waals surface area contributed by atoms with Gasteiger partial charge in [0.25, 0.3) is 0 Å². The molecule has 2 aromatic heterocycles. The SMILES string of the molecule is Fc1cc2c(cc(OC3CC[C@@H](COC4CCCCO4)OC3)n2C2CCCCO2)nc1Br. The highest BCUT2D eigenvalue weighted by Gasteiger charge is 2.28. The quantitative estimate of drug-likeness (QED) is 0.501. The molecule has 5 heterocycles. The molecular weight excluding hydrogens is 483 g/mol. The highest BCUT2D eigenvalue weighted by atomic mass is 79.9. The Bertz CT molecular complexity index is 905. The van der Waals surface area contributed by atoms with Crippen molar-refractivity contribution in [1.82, 2.24) is 9.55 Å². The largest absolute Gasteiger partial charge is 0.473 e. The lowest BCUT2D eigenvalue weighted by atomic mass is 10.1. The van der Waals surface area contributed by atoms with E-state index in [-0.39, 0.29) is 29.3 Å². The molecule has 32 heavy (non-hydrogen) atoms. The first-order valence-corrected chi connectivity index (χ1v) is 12.5. The summed E-state index contributed by atoms with van der Waals surface area (Å²) in [6.07, 6.45) is 7.59. The van der Waals surface area contributed by atoms with E-state index >= 15 is 0 Å². The molecule has 5 rings (SSSR count). The Morgan fingerprint density at radius 3 is 2.59 bits per heavy atom. The van der Waals surface area contributed by atoms with Crippen molar-refractivity contribution in [2.75, 3.05) is 26.4 Å². The van der Waals surface area contributed by atoms with Crippen molar-refractivity contribution < 1.29 is 28.1 Å². The highest BCUT2D eigenvalue weighted by molar-refractivity contribution is 9.10. The second kappa shape index (κ2) is 10.3. The van der Waals surface area contributed by atoms with Gasteiger partial charge in [0.2, 0.25) is 0 Å². The fourth-order valence-corrected chi connectivity index (χ4v) is 4.93. The fraction of sp³-hybridized carbons (Fsp3) is 0.696. The molecule has 2 aromatic rings. The molecule has 0 spiro atoms. The van der Waals surface area contributed by atoms with Gasteiger partial charge in [-0.2, -0.15) is 0 Å². The Morgan fingerprint density at radius 2 is 1.88 bits per heavy atom. The molecule has 0 aliphatic carbocycles. The van der Waals surface area contributed by atoms with Crippen LogP contribution in [-0.4, -0.2) is 54.5 Å². The van der Waals surface area contributed by atoms with Gasteiger partial charge in [0.1, 0.15) is 16.9 Å². The van der Waals surface area contributed by atoms with Gasteiger partial charge in [-0.05, 0) is 67.3 Å². The van der Waals surface area contributed by atoms with Crippen LogP contribution < -0.4 is 4.74 Å². The standard InChI is InChI=1S/C23H30BrFN2O5/c24-23-17(25)11-19-18(26-23)12-21(27(19)20-5-1-3-9-28-20)32-16-8-7-15(30-14-16)13-31-22-6-2-4-10-29-22/h11-12,15-16,20,22H,1-10,13-14H2/t15-,16?,20?,22?/m0/s1. The van der Waals surface area contributed by atoms with Crippen LogP contribution in [0.15, 0.2) is 16.7 Å². The van der Waals surface area contributed by atoms with Crippen LogP contribution in [0.4, 0.5) is 4.39 Å². The molecule has 3 fully saturated rings. The molecular formula is C23H30BrFN2O5. The van der Waals surface area contributed by atoms with E-state index in [1.807, 2.05) is 10.6 Å². The first kappa shape index (κ1) is 22.5. The summed E-state index contributed by atoms with van der Waals surface area (Å²) < 4.78 is 46.3. The third-order valence-electron chi connectivity index (χ3n) is 6.36. The fourth-order valence-electron chi connectivity index (χ4n) is 4.62. The third-order valence-corrected chi connectivity index (χ3v) is 6.92. The van der Waals surface area contributed by atoms with Gasteiger partial charge in [0.15, 0.2) is 18.0 Å². The van der Waals surface area contributed by atoms with Gasteiger partial charge in [-0.25, -0.2) is 9.37 Å². The van der Waals surface area contributed by atoms with Crippen LogP contribution in [0.3, 0.4) is 0 Å². The van der Waals surface area contributed by atoms with E-state index in [1.165, 1.54) is 6.07 Å². The molecule has 0 bridgehead atoms. The van der Waals surface area contributed by atoms with E-state index < -0.39 is 5.82 Å². The molecule has 0 saturated carbocycles. The maximum Gasteiger partial charge on any atom is 0.198 e. The molecule has 3 aliphatic heterocycles. The van der Waals surface area contributed by atoms with E-state index in [2.05, 4.69) is 20.9 Å². The molecule has 9 heteroatoms. The summed E-state index contributed by atoms with van der Waals surface area (Å²) in [5.41, 5.74) is 1.36. The van der Waals surface area contributed by atoms with Gasteiger partial charge >= 0.3 is 0 Å². The van der Waals surface area contributed by atoms with Crippen molar-refractivity contribution in [2.24, 2.45) is 0 Å². The van der Waals surface area contributed by atoms with Crippen LogP contribution in [0.25, 0.3) is 11.0 Å². The zero-order chi connectivity index (χ0) is 21.9. The molecule has 3 saturated heterocycles. The average Bonchev–Trinajstić information content (AvgIpc) is 3.16. The molecule has 176 valence electrons. The number of rotatable bonds is 6. The lowest BCUT2D eigenvalue weighted by Gasteiger charge is -2.32. The Morgan fingerprint density at radius 1 is 1.03 bits per heavy atom. The van der Waals surface area contributed by atoms with Crippen molar-refractivity contribution in [2.45, 2.75) is 76.1 Å². The first-order valence-electron chi connectivity index (χ1n) is 11.7. The molecule has 0 N–H and O–H groups in total. The highest BCUT2D eigenvalue weighted by Crippen LogP contribution is 2.36. The minimum atomic E-state index is -0.398. The minimum Gasteiger partial charge on any atom is -0.473 e. The van der Waals surface area contributed by atoms with Gasteiger partial charge in [0, 0.05) is 25.3 Å². The number of hydrogen-bond acceptors (Lipinski definition) is 6. The van der Waals surface area contributed by atoms with Crippen molar-refractivity contribution in [3.63, 3.8) is 0 Å². The summed E-state index contributed by atoms with van der Waals surface area (Å²) in [5, 5.41) is 0. The van der Waals surface area contributed by atoms with E-state index in [9.17, 15) is 4.39 Å². The summed E-state index contributed by atoms with van der Waals surface area (Å²) in [7, 11) is 0. The summed E-state index contributed by atoms with van der Waals surface area (Å²) in [5.74, 6) is 0.251. The normalized spacial score (nSPS) is 29.3. The van der Waals surface area contributed by atoms with Crippen LogP contribution in [-0.2, 0) is 18.9 Å². The lowest BCUT2D eigenvalue weighted by molar-refractivity contribution is -0.187. The van der Waals surface area contributed by atoms with E-state index in [4.69, 9.17) is 23.7 Å². The predicted molar refractivity (Wildman–Crippen MR) is 119 cm³/mol. The van der Waals surface area contributed by atoms with Crippen LogP contribution in [0.5, 0.6) is 5.88 Å². The molecule has 0 amide bonds. The van der Waals surface area contributed by atoms with E-state index in [0.717, 1.165) is 58.0 Å². The lowest BCUT2D eigenvalue weighted by Crippen LogP contribution is -2.37. The number of nitrogens with zero attached hydrogens (tertiary/aromatic N) is 2. The number of halogens is 2. The van der Waals surface area contributed by atoms with Crippen molar-refractivity contribution in [1.29, 1.82) is 0 Å². The van der Waals surface area contributed by atoms with Gasteiger partial charge in [-0.3, -0.25) is 4.57 Å². The number of fused-ring (bicyclic) bond motifs is 1. The monoisotopic (exact) mass is 512 g/mol. The Balaban J connectivity index is 1.25. The number of pyridine rings is 1. The number of ether oxygens (including phenoxy) is 5. The van der Waals surface area contributed by atoms with Gasteiger partial charge in [-0.1, -0.05) is 0 Å². The number of hydrogen-bond donors (Lipinski definition) is 0. The average molecular weight is 513 g/mol. The van der Waals surface area contributed by atoms with Crippen molar-refractivity contribution >= 4 is 27.0 Å². The first-order chi connectivity index (χ1) is 15.7. The zero-order valence-electron chi connectivity index (χ0n) is 18.1. The topological polar surface area (TPSA) is 64.0 Å². The molecule has 0 radical (unpaired) electrons. The van der Waals surface area contributed by atoms with Gasteiger partial charge in [0.05, 0.1) is 30.4 Å². The summed E-state index contributed by atoms with van der Waals surface area (Å²) in [6.45, 7) is 2.50. The molecule has 3 aliphatic rings. The minimum absolute atomic E-state index is 0.0552. The zero-order valence-corrected chi connectivity index (χ0v) is 19.7. The Hall–Kier alpha value is -1.26. The number of aromatic nitrogens is 2. The second-order valence-corrected chi connectivity index (χ2v) is 9.49.